The van der Waals surface area contributed by atoms with Gasteiger partial charge in [-0.3, -0.25) is 0 Å². The Labute approximate surface area is 77.2 Å². The van der Waals surface area contributed by atoms with E-state index in [4.69, 9.17) is 4.74 Å². The fraction of sp³-hybridized carbons (Fsp3) is 0.857. The van der Waals surface area contributed by atoms with Crippen molar-refractivity contribution in [2.45, 2.75) is 30.3 Å². The molecule has 10 heavy (non-hydrogen) atoms. The fourth-order valence-electron chi connectivity index (χ4n) is 0.381. The van der Waals surface area contributed by atoms with E-state index < -0.39 is 0 Å². The summed E-state index contributed by atoms with van der Waals surface area (Å²) in [7, 11) is 0. The van der Waals surface area contributed by atoms with Gasteiger partial charge in [-0.15, -0.1) is 0 Å². The minimum absolute atomic E-state index is 0.0423. The van der Waals surface area contributed by atoms with E-state index in [-0.39, 0.29) is 9.09 Å². The average molecular weight is 340 g/mol. The van der Waals surface area contributed by atoms with E-state index in [2.05, 4.69) is 0 Å². The van der Waals surface area contributed by atoms with Gasteiger partial charge in [-0.25, -0.2) is 0 Å². The summed E-state index contributed by atoms with van der Waals surface area (Å²) in [5.74, 6) is -0.0423. The molecule has 0 saturated heterocycles. The number of ether oxygens (including phenoxy) is 1. The van der Waals surface area contributed by atoms with Crippen molar-refractivity contribution in [1.82, 2.24) is 0 Å². The molecule has 0 heterocycles. The van der Waals surface area contributed by atoms with Crippen LogP contribution in [-0.2, 0) is 9.53 Å². The van der Waals surface area contributed by atoms with E-state index in [0.717, 1.165) is 6.42 Å². The van der Waals surface area contributed by atoms with Crippen LogP contribution < -0.4 is 0 Å². The van der Waals surface area contributed by atoms with Crippen molar-refractivity contribution in [3.8, 4) is 0 Å². The second kappa shape index (κ2) is 4.28. The molecule has 0 saturated carbocycles. The van der Waals surface area contributed by atoms with E-state index in [1.165, 1.54) is 0 Å². The van der Waals surface area contributed by atoms with Crippen LogP contribution in [0, 0.1) is 0 Å². The molecule has 2 nitrogen and oxygen atoms in total. The van der Waals surface area contributed by atoms with Crippen LogP contribution in [0.2, 0.25) is 3.12 Å². The maximum atomic E-state index is 11.0. The Morgan fingerprint density at radius 1 is 1.60 bits per heavy atom. The SMILES string of the molecule is CCCOC(=O)[C](C)(C)[BiH2]. The van der Waals surface area contributed by atoms with Gasteiger partial charge in [0.25, 0.3) is 0 Å². The van der Waals surface area contributed by atoms with Crippen LogP contribution in [0.4, 0.5) is 0 Å². The Kier molecular flexibility index (Phi) is 4.43. The first-order valence-corrected chi connectivity index (χ1v) is 5.69. The summed E-state index contributed by atoms with van der Waals surface area (Å²) in [6.07, 6.45) is 0.909. The van der Waals surface area contributed by atoms with Gasteiger partial charge in [0.1, 0.15) is 0 Å². The van der Waals surface area contributed by atoms with Gasteiger partial charge in [0, 0.05) is 0 Å². The third kappa shape index (κ3) is 4.21. The first kappa shape index (κ1) is 10.4. The molecule has 0 aromatic heterocycles. The molecular formula is C7H15BiO2. The van der Waals surface area contributed by atoms with Crippen molar-refractivity contribution >= 4 is 30.7 Å². The molecule has 0 aliphatic heterocycles. The quantitative estimate of drug-likeness (QED) is 0.561. The van der Waals surface area contributed by atoms with Crippen LogP contribution >= 0.6 is 0 Å². The van der Waals surface area contributed by atoms with Gasteiger partial charge >= 0.3 is 77.1 Å². The van der Waals surface area contributed by atoms with E-state index in [0.29, 0.717) is 31.3 Å². The third-order valence-electron chi connectivity index (χ3n) is 0.963. The zero-order valence-electron chi connectivity index (χ0n) is 6.81. The summed E-state index contributed by atoms with van der Waals surface area (Å²) >= 11 is 0.654. The summed E-state index contributed by atoms with van der Waals surface area (Å²) in [5, 5.41) is 0. The summed E-state index contributed by atoms with van der Waals surface area (Å²) in [5.41, 5.74) is 0. The summed E-state index contributed by atoms with van der Waals surface area (Å²) in [4.78, 5) is 11.0. The molecule has 0 atom stereocenters. The van der Waals surface area contributed by atoms with Crippen molar-refractivity contribution in [3.05, 3.63) is 0 Å². The number of carbonyl (C=O) groups excluding carboxylic acids is 1. The van der Waals surface area contributed by atoms with Crippen LogP contribution in [0.15, 0.2) is 0 Å². The van der Waals surface area contributed by atoms with Gasteiger partial charge in [-0.2, -0.15) is 0 Å². The second-order valence-electron chi connectivity index (χ2n) is 2.86. The number of hydrogen-bond donors (Lipinski definition) is 0. The first-order valence-electron chi connectivity index (χ1n) is 3.44. The van der Waals surface area contributed by atoms with Crippen LogP contribution in [0.1, 0.15) is 27.2 Å². The maximum absolute atomic E-state index is 11.0. The van der Waals surface area contributed by atoms with Gasteiger partial charge in [-0.05, 0) is 0 Å². The van der Waals surface area contributed by atoms with E-state index in [9.17, 15) is 4.79 Å². The number of esters is 1. The molecule has 0 fully saturated rings. The van der Waals surface area contributed by atoms with E-state index in [1.54, 1.807) is 0 Å². The molecule has 0 unspecified atom stereocenters. The van der Waals surface area contributed by atoms with Crippen LogP contribution in [0.25, 0.3) is 0 Å². The molecule has 0 amide bonds. The Bertz CT molecular complexity index is 115. The Balaban J connectivity index is 3.64. The Hall–Kier alpha value is 0.353. The molecule has 0 aliphatic rings. The number of rotatable bonds is 3. The number of carbonyl (C=O) groups is 1. The zero-order valence-corrected chi connectivity index (χ0v) is 11.3. The third-order valence-corrected chi connectivity index (χ3v) is 1.88. The molecular weight excluding hydrogens is 325 g/mol. The molecule has 3 heteroatoms. The van der Waals surface area contributed by atoms with Crippen molar-refractivity contribution in [2.75, 3.05) is 6.61 Å². The van der Waals surface area contributed by atoms with Crippen LogP contribution in [-0.4, -0.2) is 37.3 Å². The molecule has 0 rings (SSSR count). The van der Waals surface area contributed by atoms with Crippen LogP contribution in [0.5, 0.6) is 0 Å². The monoisotopic (exact) mass is 340 g/mol. The Morgan fingerprint density at radius 2 is 2.10 bits per heavy atom. The topological polar surface area (TPSA) is 26.3 Å². The zero-order chi connectivity index (χ0) is 8.20. The van der Waals surface area contributed by atoms with Crippen molar-refractivity contribution in [1.29, 1.82) is 0 Å². The summed E-state index contributed by atoms with van der Waals surface area (Å²) in [6.45, 7) is 6.41. The van der Waals surface area contributed by atoms with Gasteiger partial charge in [0.15, 0.2) is 0 Å². The molecule has 0 aromatic rings. The molecule has 0 aromatic carbocycles. The second-order valence-corrected chi connectivity index (χ2v) is 8.47. The molecule has 0 bridgehead atoms. The van der Waals surface area contributed by atoms with Crippen molar-refractivity contribution < 1.29 is 9.53 Å². The van der Waals surface area contributed by atoms with Crippen molar-refractivity contribution in [3.63, 3.8) is 0 Å². The van der Waals surface area contributed by atoms with Crippen LogP contribution in [0.3, 0.4) is 0 Å². The van der Waals surface area contributed by atoms with Crippen molar-refractivity contribution in [2.24, 2.45) is 0 Å². The predicted octanol–water partition coefficient (Wildman–Crippen LogP) is 0.771. The molecule has 0 spiro atoms. The normalized spacial score (nSPS) is 11.2. The standard InChI is InChI=1S/C7H13O2.Bi.2H/c1-4-5-9-7(8)6(2)3;;;/h4-5H2,1-3H3;;;. The molecule has 0 N–H and O–H groups in total. The predicted molar refractivity (Wildman–Crippen MR) is 43.8 cm³/mol. The first-order chi connectivity index (χ1) is 4.48. The molecule has 0 radical (unpaired) electrons. The van der Waals surface area contributed by atoms with E-state index >= 15 is 0 Å². The van der Waals surface area contributed by atoms with Gasteiger partial charge in [0.2, 0.25) is 0 Å². The van der Waals surface area contributed by atoms with E-state index in [1.807, 2.05) is 20.8 Å². The molecule has 0 aliphatic carbocycles. The fourth-order valence-corrected chi connectivity index (χ4v) is 0.705. The minimum atomic E-state index is -0.185. The van der Waals surface area contributed by atoms with Gasteiger partial charge < -0.3 is 0 Å². The number of hydrogen-bond acceptors (Lipinski definition) is 2. The Morgan fingerprint density at radius 3 is 2.40 bits per heavy atom. The summed E-state index contributed by atoms with van der Waals surface area (Å²) in [6, 6.07) is 0. The summed E-state index contributed by atoms with van der Waals surface area (Å²) < 4.78 is 4.77. The average Bonchev–Trinajstić information content (AvgIpc) is 1.80. The molecule has 60 valence electrons. The van der Waals surface area contributed by atoms with Gasteiger partial charge in [0.05, 0.1) is 0 Å². The van der Waals surface area contributed by atoms with Gasteiger partial charge in [-0.1, -0.05) is 0 Å².